The Morgan fingerprint density at radius 2 is 1.27 bits per heavy atom. The molecule has 2 N–H and O–H groups in total. The minimum absolute atomic E-state index is 0.0589. The van der Waals surface area contributed by atoms with E-state index < -0.39 is 0 Å². The van der Waals surface area contributed by atoms with Gasteiger partial charge >= 0.3 is 12.2 Å². The molecule has 2 aromatic carbocycles. The van der Waals surface area contributed by atoms with E-state index in [1.54, 1.807) is 4.90 Å². The molecule has 2 heterocycles. The number of hydrogen-bond acceptors (Lipinski definition) is 6. The van der Waals surface area contributed by atoms with Gasteiger partial charge in [0.15, 0.2) is 0 Å². The van der Waals surface area contributed by atoms with Gasteiger partial charge in [-0.1, -0.05) is 36.4 Å². The molecule has 4 rings (SSSR count). The molecule has 0 atom stereocenters. The Balaban J connectivity index is 0.000000186. The molecule has 2 saturated heterocycles. The lowest BCUT2D eigenvalue weighted by atomic mass is 10.00. The highest BCUT2D eigenvalue weighted by molar-refractivity contribution is 5.94. The Morgan fingerprint density at radius 3 is 1.79 bits per heavy atom. The molecule has 176 valence electrons. The quantitative estimate of drug-likeness (QED) is 0.720. The predicted molar refractivity (Wildman–Crippen MR) is 125 cm³/mol. The molecule has 2 aliphatic rings. The molecular formula is C24H30N4O5. The van der Waals surface area contributed by atoms with Crippen LogP contribution >= 0.6 is 0 Å². The Hall–Kier alpha value is -3.75. The van der Waals surface area contributed by atoms with E-state index in [4.69, 9.17) is 0 Å². The molecule has 0 radical (unpaired) electrons. The monoisotopic (exact) mass is 454 g/mol. The van der Waals surface area contributed by atoms with E-state index in [9.17, 15) is 14.4 Å². The van der Waals surface area contributed by atoms with Crippen LogP contribution < -0.4 is 10.6 Å². The minimum atomic E-state index is -0.381. The number of anilines is 2. The zero-order chi connectivity index (χ0) is 23.6. The van der Waals surface area contributed by atoms with Crippen molar-refractivity contribution in [1.82, 2.24) is 9.80 Å². The first kappa shape index (κ1) is 23.9. The molecule has 9 heteroatoms. The summed E-state index contributed by atoms with van der Waals surface area (Å²) < 4.78 is 9.19. The highest BCUT2D eigenvalue weighted by Crippen LogP contribution is 2.19. The van der Waals surface area contributed by atoms with Crippen LogP contribution in [0.25, 0.3) is 0 Å². The van der Waals surface area contributed by atoms with Crippen molar-refractivity contribution in [2.24, 2.45) is 11.8 Å². The zero-order valence-electron chi connectivity index (χ0n) is 18.9. The number of methoxy groups -OCH3 is 2. The Morgan fingerprint density at radius 1 is 0.788 bits per heavy atom. The van der Waals surface area contributed by atoms with Gasteiger partial charge in [0.2, 0.25) is 5.91 Å². The molecule has 33 heavy (non-hydrogen) atoms. The van der Waals surface area contributed by atoms with Gasteiger partial charge in [0, 0.05) is 50.0 Å². The molecule has 0 aliphatic carbocycles. The first-order valence-electron chi connectivity index (χ1n) is 10.8. The number of likely N-dealkylation sites (tertiary alicyclic amines) is 2. The summed E-state index contributed by atoms with van der Waals surface area (Å²) in [6, 6.07) is 19.3. The van der Waals surface area contributed by atoms with Crippen molar-refractivity contribution in [3.63, 3.8) is 0 Å². The molecule has 2 fully saturated rings. The van der Waals surface area contributed by atoms with Crippen molar-refractivity contribution in [3.8, 4) is 0 Å². The van der Waals surface area contributed by atoms with Gasteiger partial charge in [0.1, 0.15) is 0 Å². The highest BCUT2D eigenvalue weighted by Gasteiger charge is 2.36. The third-order valence-corrected chi connectivity index (χ3v) is 5.49. The second-order valence-corrected chi connectivity index (χ2v) is 7.92. The van der Waals surface area contributed by atoms with Crippen molar-refractivity contribution in [1.29, 1.82) is 0 Å². The molecule has 9 nitrogen and oxygen atoms in total. The lowest BCUT2D eigenvalue weighted by molar-refractivity contribution is -0.124. The topological polar surface area (TPSA) is 100 Å². The van der Waals surface area contributed by atoms with Gasteiger partial charge in [-0.15, -0.1) is 0 Å². The van der Waals surface area contributed by atoms with Crippen LogP contribution in [-0.2, 0) is 14.3 Å². The lowest BCUT2D eigenvalue weighted by Gasteiger charge is -2.38. The number of hydrogen-bond donors (Lipinski definition) is 2. The zero-order valence-corrected chi connectivity index (χ0v) is 18.9. The van der Waals surface area contributed by atoms with Gasteiger partial charge in [-0.2, -0.15) is 0 Å². The van der Waals surface area contributed by atoms with Crippen LogP contribution in [0, 0.1) is 11.8 Å². The fourth-order valence-corrected chi connectivity index (χ4v) is 3.48. The average molecular weight is 455 g/mol. The molecule has 0 saturated carbocycles. The van der Waals surface area contributed by atoms with Crippen molar-refractivity contribution in [2.45, 2.75) is 0 Å². The molecule has 2 aliphatic heterocycles. The number of benzene rings is 2. The number of para-hydroxylation sites is 2. The maximum absolute atomic E-state index is 11.8. The summed E-state index contributed by atoms with van der Waals surface area (Å²) in [6.07, 6.45) is -0.607. The summed E-state index contributed by atoms with van der Waals surface area (Å²) in [6.45, 7) is 3.31. The largest absolute Gasteiger partial charge is 0.453 e. The van der Waals surface area contributed by atoms with Crippen molar-refractivity contribution >= 4 is 29.5 Å². The van der Waals surface area contributed by atoms with Crippen molar-refractivity contribution in [3.05, 3.63) is 60.7 Å². The highest BCUT2D eigenvalue weighted by atomic mass is 16.5. The number of carbonyl (C=O) groups excluding carboxylic acids is 3. The van der Waals surface area contributed by atoms with E-state index in [2.05, 4.69) is 20.1 Å². The van der Waals surface area contributed by atoms with E-state index in [0.29, 0.717) is 19.0 Å². The lowest BCUT2D eigenvalue weighted by Crippen LogP contribution is -2.54. The van der Waals surface area contributed by atoms with Crippen LogP contribution in [0.4, 0.5) is 21.0 Å². The molecule has 0 unspecified atom stereocenters. The Labute approximate surface area is 193 Å². The van der Waals surface area contributed by atoms with Gasteiger partial charge in [-0.25, -0.2) is 9.59 Å². The maximum Gasteiger partial charge on any atom is 0.409 e. The Kier molecular flexibility index (Phi) is 8.51. The van der Waals surface area contributed by atoms with Crippen molar-refractivity contribution in [2.75, 3.05) is 57.6 Å². The van der Waals surface area contributed by atoms with Gasteiger partial charge in [0.25, 0.3) is 0 Å². The number of carbonyl (C=O) groups is 3. The molecule has 3 amide bonds. The van der Waals surface area contributed by atoms with Crippen molar-refractivity contribution < 1.29 is 23.9 Å². The van der Waals surface area contributed by atoms with Gasteiger partial charge in [-0.3, -0.25) is 4.79 Å². The molecular weight excluding hydrogens is 424 g/mol. The fraction of sp³-hybridized carbons (Fsp3) is 0.375. The molecule has 0 spiro atoms. The fourth-order valence-electron chi connectivity index (χ4n) is 3.48. The van der Waals surface area contributed by atoms with E-state index in [1.807, 2.05) is 60.7 Å². The van der Waals surface area contributed by atoms with E-state index >= 15 is 0 Å². The van der Waals surface area contributed by atoms with Crippen LogP contribution in [0.2, 0.25) is 0 Å². The number of amides is 3. The van der Waals surface area contributed by atoms with E-state index in [0.717, 1.165) is 31.0 Å². The summed E-state index contributed by atoms with van der Waals surface area (Å²) in [5, 5.41) is 6.15. The third kappa shape index (κ3) is 6.86. The smallest absolute Gasteiger partial charge is 0.409 e. The van der Waals surface area contributed by atoms with Crippen LogP contribution in [0.5, 0.6) is 0 Å². The number of rotatable bonds is 5. The molecule has 2 aromatic rings. The standard InChI is InChI=1S/C12H14N2O3.C12H16N2O2/c1-17-12(16)14-7-9(8-14)11(15)13-10-5-3-2-4-6-10;1-16-12(15)14-8-10(9-14)7-13-11-5-3-2-4-6-11/h2-6,9H,7-8H2,1H3,(H,13,15);2-6,10,13H,7-9H2,1H3. The predicted octanol–water partition coefficient (Wildman–Crippen LogP) is 3.12. The first-order chi connectivity index (χ1) is 16.0. The minimum Gasteiger partial charge on any atom is -0.453 e. The molecule has 0 bridgehead atoms. The summed E-state index contributed by atoms with van der Waals surface area (Å²) in [4.78, 5) is 37.2. The normalized spacial score (nSPS) is 15.2. The second kappa shape index (κ2) is 11.8. The maximum atomic E-state index is 11.8. The molecule has 0 aromatic heterocycles. The Bertz CT molecular complexity index is 913. The van der Waals surface area contributed by atoms with Crippen LogP contribution in [0.1, 0.15) is 0 Å². The third-order valence-electron chi connectivity index (χ3n) is 5.49. The van der Waals surface area contributed by atoms with Gasteiger partial charge in [0.05, 0.1) is 20.1 Å². The first-order valence-corrected chi connectivity index (χ1v) is 10.8. The van der Waals surface area contributed by atoms with E-state index in [-0.39, 0.29) is 24.0 Å². The van der Waals surface area contributed by atoms with E-state index in [1.165, 1.54) is 19.1 Å². The summed E-state index contributed by atoms with van der Waals surface area (Å²) in [5.74, 6) is 0.324. The summed E-state index contributed by atoms with van der Waals surface area (Å²) in [5.41, 5.74) is 1.90. The van der Waals surface area contributed by atoms with Crippen LogP contribution in [0.3, 0.4) is 0 Å². The number of nitrogens with zero attached hydrogens (tertiary/aromatic N) is 2. The number of ether oxygens (including phenoxy) is 2. The average Bonchev–Trinajstić information content (AvgIpc) is 2.78. The van der Waals surface area contributed by atoms with Crippen LogP contribution in [0.15, 0.2) is 60.7 Å². The SMILES string of the molecule is COC(=O)N1CC(C(=O)Nc2ccccc2)C1.COC(=O)N1CC(CNc2ccccc2)C1. The van der Waals surface area contributed by atoms with Gasteiger partial charge in [-0.05, 0) is 24.3 Å². The number of nitrogens with one attached hydrogen (secondary N) is 2. The second-order valence-electron chi connectivity index (χ2n) is 7.92. The van der Waals surface area contributed by atoms with Gasteiger partial charge < -0.3 is 29.9 Å². The summed E-state index contributed by atoms with van der Waals surface area (Å²) in [7, 11) is 2.75. The summed E-state index contributed by atoms with van der Waals surface area (Å²) >= 11 is 0. The van der Waals surface area contributed by atoms with Crippen LogP contribution in [-0.4, -0.2) is 74.8 Å².